The molecule has 4 N–H and O–H groups in total. The van der Waals surface area contributed by atoms with Gasteiger partial charge >= 0.3 is 5.97 Å². The van der Waals surface area contributed by atoms with Crippen LogP contribution in [-0.2, 0) is 6.54 Å². The highest BCUT2D eigenvalue weighted by Gasteiger charge is 2.38. The first kappa shape index (κ1) is 16.7. The molecule has 0 spiro atoms. The number of anilines is 1. The molecular formula is C19H21FN4O3. The molecule has 1 aromatic carbocycles. The Labute approximate surface area is 154 Å². The molecule has 3 aliphatic rings. The molecule has 1 aliphatic carbocycles. The molecule has 0 amide bonds. The van der Waals surface area contributed by atoms with Gasteiger partial charge in [0.2, 0.25) is 5.43 Å². The van der Waals surface area contributed by atoms with E-state index in [-0.39, 0.29) is 29.1 Å². The Kier molecular flexibility index (Phi) is 3.57. The summed E-state index contributed by atoms with van der Waals surface area (Å²) in [5.74, 6) is -1.77. The highest BCUT2D eigenvalue weighted by molar-refractivity contribution is 5.95. The van der Waals surface area contributed by atoms with Gasteiger partial charge in [0.15, 0.2) is 0 Å². The Hall–Kier alpha value is -2.45. The molecule has 0 unspecified atom stereocenters. The summed E-state index contributed by atoms with van der Waals surface area (Å²) in [6, 6.07) is 1.35. The van der Waals surface area contributed by atoms with Crippen molar-refractivity contribution in [1.29, 1.82) is 0 Å². The molecule has 1 saturated heterocycles. The maximum Gasteiger partial charge on any atom is 0.341 e. The number of halogens is 1. The van der Waals surface area contributed by atoms with Gasteiger partial charge in [-0.05, 0) is 25.3 Å². The Bertz CT molecular complexity index is 1030. The van der Waals surface area contributed by atoms with Crippen LogP contribution in [0.1, 0.15) is 41.2 Å². The van der Waals surface area contributed by atoms with Crippen LogP contribution in [-0.4, -0.2) is 40.8 Å². The van der Waals surface area contributed by atoms with E-state index in [0.717, 1.165) is 24.8 Å². The van der Waals surface area contributed by atoms with Crippen LogP contribution in [0.4, 0.5) is 10.1 Å². The van der Waals surface area contributed by atoms with Gasteiger partial charge in [0.1, 0.15) is 11.4 Å². The Morgan fingerprint density at radius 3 is 2.81 bits per heavy atom. The standard InChI is InChI=1S/C19H21FN4O3/c20-13-5-10-16(24(9-1-2-9)8-12(18(10)25)19(26)27)11-6-22-7-15-14(21)3-4-23(15)17(11)13/h5,8-9,14-15,22H,1-4,6-7,21H2,(H,26,27)/t14-,15+/m0/s1. The maximum atomic E-state index is 15.2. The first-order valence-corrected chi connectivity index (χ1v) is 9.34. The first-order chi connectivity index (χ1) is 13.0. The smallest absolute Gasteiger partial charge is 0.341 e. The molecule has 27 heavy (non-hydrogen) atoms. The molecule has 1 saturated carbocycles. The number of carbonyl (C=O) groups is 1. The SMILES string of the molecule is N[C@H]1CCN2c3c(F)cc4c(=O)c(C(=O)O)cn(C5CC5)c4c3CNC[C@H]12. The minimum atomic E-state index is -1.28. The number of nitrogens with one attached hydrogen (secondary N) is 1. The summed E-state index contributed by atoms with van der Waals surface area (Å²) >= 11 is 0. The van der Waals surface area contributed by atoms with Crippen molar-refractivity contribution >= 4 is 22.6 Å². The number of carboxylic acid groups (broad SMARTS) is 1. The third-order valence-corrected chi connectivity index (χ3v) is 6.05. The predicted octanol–water partition coefficient (Wildman–Crippen LogP) is 1.18. The summed E-state index contributed by atoms with van der Waals surface area (Å²) in [7, 11) is 0. The average molecular weight is 372 g/mol. The van der Waals surface area contributed by atoms with Crippen molar-refractivity contribution in [2.24, 2.45) is 5.73 Å². The minimum Gasteiger partial charge on any atom is -0.477 e. The fourth-order valence-corrected chi connectivity index (χ4v) is 4.59. The lowest BCUT2D eigenvalue weighted by Gasteiger charge is -2.28. The second-order valence-electron chi connectivity index (χ2n) is 7.74. The van der Waals surface area contributed by atoms with Gasteiger partial charge in [-0.1, -0.05) is 0 Å². The van der Waals surface area contributed by atoms with Crippen molar-refractivity contribution in [3.05, 3.63) is 39.4 Å². The lowest BCUT2D eigenvalue weighted by Crippen LogP contribution is -2.44. The zero-order chi connectivity index (χ0) is 18.9. The number of aromatic nitrogens is 1. The molecule has 0 radical (unpaired) electrons. The Morgan fingerprint density at radius 2 is 2.11 bits per heavy atom. The number of rotatable bonds is 2. The Balaban J connectivity index is 1.86. The highest BCUT2D eigenvalue weighted by atomic mass is 19.1. The summed E-state index contributed by atoms with van der Waals surface area (Å²) in [5.41, 5.74) is 7.16. The quantitative estimate of drug-likeness (QED) is 0.732. The van der Waals surface area contributed by atoms with Crippen LogP contribution >= 0.6 is 0 Å². The van der Waals surface area contributed by atoms with Gasteiger partial charge in [-0.2, -0.15) is 0 Å². The van der Waals surface area contributed by atoms with Crippen LogP contribution in [0.25, 0.3) is 10.9 Å². The molecule has 142 valence electrons. The van der Waals surface area contributed by atoms with Crippen LogP contribution in [0.3, 0.4) is 0 Å². The number of nitrogens with zero attached hydrogens (tertiary/aromatic N) is 2. The van der Waals surface area contributed by atoms with E-state index in [1.807, 2.05) is 9.47 Å². The van der Waals surface area contributed by atoms with Gasteiger partial charge in [0.05, 0.1) is 17.2 Å². The van der Waals surface area contributed by atoms with E-state index in [1.165, 1.54) is 12.3 Å². The van der Waals surface area contributed by atoms with Gasteiger partial charge in [0.25, 0.3) is 0 Å². The van der Waals surface area contributed by atoms with E-state index < -0.39 is 17.2 Å². The van der Waals surface area contributed by atoms with E-state index >= 15 is 4.39 Å². The molecular weight excluding hydrogens is 351 g/mol. The number of hydrogen-bond acceptors (Lipinski definition) is 5. The number of benzene rings is 1. The third-order valence-electron chi connectivity index (χ3n) is 6.05. The Morgan fingerprint density at radius 1 is 1.33 bits per heavy atom. The van der Waals surface area contributed by atoms with Crippen molar-refractivity contribution in [2.45, 2.75) is 43.9 Å². The number of nitrogens with two attached hydrogens (primary N) is 1. The van der Waals surface area contributed by atoms with Crippen molar-refractivity contribution in [2.75, 3.05) is 18.0 Å². The zero-order valence-electron chi connectivity index (χ0n) is 14.7. The molecule has 2 fully saturated rings. The van der Waals surface area contributed by atoms with Crippen LogP contribution in [0, 0.1) is 5.82 Å². The predicted molar refractivity (Wildman–Crippen MR) is 98.8 cm³/mol. The fourth-order valence-electron chi connectivity index (χ4n) is 4.59. The van der Waals surface area contributed by atoms with Gasteiger partial charge in [-0.25, -0.2) is 9.18 Å². The van der Waals surface area contributed by atoms with E-state index in [9.17, 15) is 14.7 Å². The fraction of sp³-hybridized carbons (Fsp3) is 0.474. The van der Waals surface area contributed by atoms with Crippen molar-refractivity contribution in [3.63, 3.8) is 0 Å². The maximum absolute atomic E-state index is 15.2. The minimum absolute atomic E-state index is 0.0117. The van der Waals surface area contributed by atoms with Crippen molar-refractivity contribution in [1.82, 2.24) is 9.88 Å². The number of pyridine rings is 1. The lowest BCUT2D eigenvalue weighted by atomic mass is 10.0. The number of carboxylic acids is 1. The molecule has 0 bridgehead atoms. The topological polar surface area (TPSA) is 101 Å². The summed E-state index contributed by atoms with van der Waals surface area (Å²) in [6.45, 7) is 1.74. The van der Waals surface area contributed by atoms with Crippen LogP contribution in [0.2, 0.25) is 0 Å². The summed E-state index contributed by atoms with van der Waals surface area (Å²) in [4.78, 5) is 26.3. The van der Waals surface area contributed by atoms with Crippen molar-refractivity contribution < 1.29 is 14.3 Å². The molecule has 7 nitrogen and oxygen atoms in total. The van der Waals surface area contributed by atoms with Crippen LogP contribution in [0.5, 0.6) is 0 Å². The summed E-state index contributed by atoms with van der Waals surface area (Å²) in [5, 5.41) is 12.9. The normalized spacial score (nSPS) is 24.6. The van der Waals surface area contributed by atoms with E-state index in [2.05, 4.69) is 5.32 Å². The first-order valence-electron chi connectivity index (χ1n) is 9.34. The summed E-state index contributed by atoms with van der Waals surface area (Å²) in [6.07, 6.45) is 4.07. The van der Waals surface area contributed by atoms with Gasteiger partial charge in [-0.15, -0.1) is 0 Å². The lowest BCUT2D eigenvalue weighted by molar-refractivity contribution is 0.0695. The second kappa shape index (κ2) is 5.77. The van der Waals surface area contributed by atoms with Gasteiger partial charge in [0, 0.05) is 48.9 Å². The second-order valence-corrected chi connectivity index (χ2v) is 7.74. The van der Waals surface area contributed by atoms with E-state index in [4.69, 9.17) is 5.73 Å². The van der Waals surface area contributed by atoms with E-state index in [0.29, 0.717) is 30.8 Å². The molecule has 2 aliphatic heterocycles. The third kappa shape index (κ3) is 2.40. The zero-order valence-corrected chi connectivity index (χ0v) is 14.7. The molecule has 2 aromatic rings. The molecule has 5 rings (SSSR count). The molecule has 1 aromatic heterocycles. The number of aromatic carboxylic acids is 1. The van der Waals surface area contributed by atoms with Crippen LogP contribution in [0.15, 0.2) is 17.1 Å². The van der Waals surface area contributed by atoms with E-state index in [1.54, 1.807) is 0 Å². The van der Waals surface area contributed by atoms with Crippen LogP contribution < -0.4 is 21.4 Å². The number of hydrogen-bond donors (Lipinski definition) is 3. The largest absolute Gasteiger partial charge is 0.477 e. The molecule has 2 atom stereocenters. The monoisotopic (exact) mass is 372 g/mol. The molecule has 8 heteroatoms. The van der Waals surface area contributed by atoms with Gasteiger partial charge in [-0.3, -0.25) is 4.79 Å². The van der Waals surface area contributed by atoms with Crippen molar-refractivity contribution in [3.8, 4) is 0 Å². The molecule has 3 heterocycles. The van der Waals surface area contributed by atoms with Gasteiger partial charge < -0.3 is 25.6 Å². The highest BCUT2D eigenvalue weighted by Crippen LogP contribution is 2.41. The average Bonchev–Trinajstić information content (AvgIpc) is 3.42. The number of fused-ring (bicyclic) bond motifs is 5. The summed E-state index contributed by atoms with van der Waals surface area (Å²) < 4.78 is 17.1.